The van der Waals surface area contributed by atoms with Gasteiger partial charge in [-0.25, -0.2) is 18.1 Å². The Balaban J connectivity index is 1.77. The van der Waals surface area contributed by atoms with Gasteiger partial charge in [0.15, 0.2) is 0 Å². The lowest BCUT2D eigenvalue weighted by atomic mass is 9.83. The number of thiazole rings is 1. The molecule has 2 aromatic rings. The van der Waals surface area contributed by atoms with Gasteiger partial charge in [0.25, 0.3) is 0 Å². The molecule has 130 valence electrons. The van der Waals surface area contributed by atoms with E-state index in [4.69, 9.17) is 0 Å². The number of nitrogens with zero attached hydrogens (tertiary/aromatic N) is 1. The summed E-state index contributed by atoms with van der Waals surface area (Å²) in [7, 11) is -3.52. The fourth-order valence-electron chi connectivity index (χ4n) is 2.91. The summed E-state index contributed by atoms with van der Waals surface area (Å²) >= 11 is 1.52. The minimum absolute atomic E-state index is 0.0324. The van der Waals surface area contributed by atoms with Gasteiger partial charge >= 0.3 is 0 Å². The third-order valence-corrected chi connectivity index (χ3v) is 6.79. The Morgan fingerprint density at radius 1 is 1.42 bits per heavy atom. The molecule has 1 aromatic heterocycles. The summed E-state index contributed by atoms with van der Waals surface area (Å²) in [5.74, 6) is 0. The molecule has 1 unspecified atom stereocenters. The monoisotopic (exact) mass is 365 g/mol. The van der Waals surface area contributed by atoms with E-state index < -0.39 is 10.0 Å². The highest BCUT2D eigenvalue weighted by Gasteiger charge is 2.28. The highest BCUT2D eigenvalue weighted by Crippen LogP contribution is 2.27. The number of aryl methyl sites for hydroxylation is 1. The molecule has 1 atom stereocenters. The summed E-state index contributed by atoms with van der Waals surface area (Å²) in [6.45, 7) is 6.35. The standard InChI is InChI=1S/C17H23N3O2S2/c1-13-10-23-16(20-13)14-5-3-6-15(9-14)24(21,22)19-12-17(2)7-4-8-18-11-17/h3,5-6,9-10,18-19H,4,7-8,11-12H2,1-2H3. The van der Waals surface area contributed by atoms with Crippen LogP contribution in [0.1, 0.15) is 25.5 Å². The molecule has 3 rings (SSSR count). The summed E-state index contributed by atoms with van der Waals surface area (Å²) in [6.07, 6.45) is 2.11. The van der Waals surface area contributed by atoms with Crippen molar-refractivity contribution in [3.05, 3.63) is 35.3 Å². The first-order valence-corrected chi connectivity index (χ1v) is 10.5. The number of piperidine rings is 1. The van der Waals surface area contributed by atoms with Crippen LogP contribution in [0.4, 0.5) is 0 Å². The molecule has 0 radical (unpaired) electrons. The van der Waals surface area contributed by atoms with Gasteiger partial charge in [-0.3, -0.25) is 0 Å². The van der Waals surface area contributed by atoms with Crippen LogP contribution in [0.2, 0.25) is 0 Å². The first-order chi connectivity index (χ1) is 11.4. The van der Waals surface area contributed by atoms with Crippen molar-refractivity contribution in [3.63, 3.8) is 0 Å². The van der Waals surface area contributed by atoms with Gasteiger partial charge in [0.05, 0.1) is 4.90 Å². The van der Waals surface area contributed by atoms with Crippen molar-refractivity contribution >= 4 is 21.4 Å². The normalized spacial score (nSPS) is 21.8. The molecular weight excluding hydrogens is 342 g/mol. The van der Waals surface area contributed by atoms with E-state index >= 15 is 0 Å². The lowest BCUT2D eigenvalue weighted by Crippen LogP contribution is -2.45. The van der Waals surface area contributed by atoms with E-state index in [1.165, 1.54) is 11.3 Å². The largest absolute Gasteiger partial charge is 0.316 e. The van der Waals surface area contributed by atoms with Crippen molar-refractivity contribution in [2.24, 2.45) is 5.41 Å². The lowest BCUT2D eigenvalue weighted by Gasteiger charge is -2.34. The third-order valence-electron chi connectivity index (χ3n) is 4.38. The molecule has 0 spiro atoms. The zero-order valence-corrected chi connectivity index (χ0v) is 15.6. The molecule has 1 saturated heterocycles. The third kappa shape index (κ3) is 4.03. The van der Waals surface area contributed by atoms with Gasteiger partial charge in [-0.1, -0.05) is 19.1 Å². The maximum absolute atomic E-state index is 12.7. The van der Waals surface area contributed by atoms with Gasteiger partial charge in [-0.2, -0.15) is 0 Å². The Morgan fingerprint density at radius 2 is 2.25 bits per heavy atom. The van der Waals surface area contributed by atoms with Crippen LogP contribution in [0, 0.1) is 12.3 Å². The Kier molecular flexibility index (Phi) is 5.05. The lowest BCUT2D eigenvalue weighted by molar-refractivity contribution is 0.238. The summed E-state index contributed by atoms with van der Waals surface area (Å²) in [5.41, 5.74) is 1.75. The number of rotatable bonds is 5. The topological polar surface area (TPSA) is 71.1 Å². The smallest absolute Gasteiger partial charge is 0.240 e. The maximum atomic E-state index is 12.7. The number of nitrogens with one attached hydrogen (secondary N) is 2. The van der Waals surface area contributed by atoms with Gasteiger partial charge in [0.1, 0.15) is 5.01 Å². The molecule has 5 nitrogen and oxygen atoms in total. The molecule has 0 bridgehead atoms. The van der Waals surface area contributed by atoms with Crippen LogP contribution in [0.25, 0.3) is 10.6 Å². The van der Waals surface area contributed by atoms with Crippen molar-refractivity contribution in [2.75, 3.05) is 19.6 Å². The zero-order chi connectivity index (χ0) is 17.2. The number of aromatic nitrogens is 1. The Hall–Kier alpha value is -1.28. The fourth-order valence-corrected chi connectivity index (χ4v) is 4.94. The molecule has 7 heteroatoms. The van der Waals surface area contributed by atoms with Crippen LogP contribution in [-0.2, 0) is 10.0 Å². The number of benzene rings is 1. The molecule has 0 amide bonds. The minimum atomic E-state index is -3.52. The maximum Gasteiger partial charge on any atom is 0.240 e. The second-order valence-electron chi connectivity index (χ2n) is 6.74. The summed E-state index contributed by atoms with van der Waals surface area (Å²) in [4.78, 5) is 4.72. The van der Waals surface area contributed by atoms with Gasteiger partial charge in [-0.15, -0.1) is 11.3 Å². The molecule has 1 aromatic carbocycles. The molecule has 1 fully saturated rings. The predicted molar refractivity (Wildman–Crippen MR) is 97.7 cm³/mol. The minimum Gasteiger partial charge on any atom is -0.316 e. The SMILES string of the molecule is Cc1csc(-c2cccc(S(=O)(=O)NCC3(C)CCCNC3)c2)n1. The van der Waals surface area contributed by atoms with E-state index in [9.17, 15) is 8.42 Å². The molecule has 2 N–H and O–H groups in total. The van der Waals surface area contributed by atoms with E-state index in [1.807, 2.05) is 18.4 Å². The van der Waals surface area contributed by atoms with Gasteiger partial charge in [0, 0.05) is 29.7 Å². The molecule has 1 aliphatic heterocycles. The quantitative estimate of drug-likeness (QED) is 0.855. The van der Waals surface area contributed by atoms with E-state index in [-0.39, 0.29) is 5.41 Å². The van der Waals surface area contributed by atoms with Crippen LogP contribution in [0.15, 0.2) is 34.5 Å². The zero-order valence-electron chi connectivity index (χ0n) is 14.0. The number of sulfonamides is 1. The average Bonchev–Trinajstić information content (AvgIpc) is 3.01. The summed E-state index contributed by atoms with van der Waals surface area (Å²) in [6, 6.07) is 6.99. The molecule has 1 aliphatic rings. The summed E-state index contributed by atoms with van der Waals surface area (Å²) in [5, 5.41) is 6.15. The van der Waals surface area contributed by atoms with Crippen LogP contribution < -0.4 is 10.0 Å². The number of hydrogen-bond acceptors (Lipinski definition) is 5. The molecule has 0 saturated carbocycles. The van der Waals surface area contributed by atoms with Crippen LogP contribution >= 0.6 is 11.3 Å². The predicted octanol–water partition coefficient (Wildman–Crippen LogP) is 2.79. The first kappa shape index (κ1) is 17.5. The van der Waals surface area contributed by atoms with Crippen molar-refractivity contribution in [2.45, 2.75) is 31.6 Å². The van der Waals surface area contributed by atoms with Crippen molar-refractivity contribution < 1.29 is 8.42 Å². The highest BCUT2D eigenvalue weighted by molar-refractivity contribution is 7.89. The van der Waals surface area contributed by atoms with Gasteiger partial charge in [-0.05, 0) is 43.9 Å². The first-order valence-electron chi connectivity index (χ1n) is 8.11. The Labute approximate surface area is 147 Å². The van der Waals surface area contributed by atoms with Crippen molar-refractivity contribution in [1.82, 2.24) is 15.0 Å². The fraction of sp³-hybridized carbons (Fsp3) is 0.471. The Morgan fingerprint density at radius 3 is 2.92 bits per heavy atom. The molecular formula is C17H23N3O2S2. The van der Waals surface area contributed by atoms with Crippen LogP contribution in [0.5, 0.6) is 0 Å². The molecule has 0 aliphatic carbocycles. The van der Waals surface area contributed by atoms with E-state index in [0.29, 0.717) is 11.4 Å². The highest BCUT2D eigenvalue weighted by atomic mass is 32.2. The van der Waals surface area contributed by atoms with Gasteiger partial charge in [0.2, 0.25) is 10.0 Å². The van der Waals surface area contributed by atoms with E-state index in [0.717, 1.165) is 42.2 Å². The Bertz CT molecular complexity index is 809. The molecule has 2 heterocycles. The average molecular weight is 366 g/mol. The van der Waals surface area contributed by atoms with Crippen LogP contribution in [0.3, 0.4) is 0 Å². The van der Waals surface area contributed by atoms with Crippen molar-refractivity contribution in [3.8, 4) is 10.6 Å². The van der Waals surface area contributed by atoms with E-state index in [1.54, 1.807) is 18.2 Å². The second kappa shape index (κ2) is 6.92. The number of hydrogen-bond donors (Lipinski definition) is 2. The molecule has 24 heavy (non-hydrogen) atoms. The summed E-state index contributed by atoms with van der Waals surface area (Å²) < 4.78 is 28.1. The van der Waals surface area contributed by atoms with Gasteiger partial charge < -0.3 is 5.32 Å². The van der Waals surface area contributed by atoms with Crippen LogP contribution in [-0.4, -0.2) is 33.0 Å². The second-order valence-corrected chi connectivity index (χ2v) is 9.36. The van der Waals surface area contributed by atoms with Crippen molar-refractivity contribution in [1.29, 1.82) is 0 Å². The van der Waals surface area contributed by atoms with E-state index in [2.05, 4.69) is 21.9 Å².